The van der Waals surface area contributed by atoms with Crippen LogP contribution in [-0.2, 0) is 30.2 Å². The summed E-state index contributed by atoms with van der Waals surface area (Å²) in [6.45, 7) is 12.1. The van der Waals surface area contributed by atoms with Crippen molar-refractivity contribution in [3.63, 3.8) is 0 Å². The van der Waals surface area contributed by atoms with Gasteiger partial charge in [-0.2, -0.15) is 0 Å². The van der Waals surface area contributed by atoms with Gasteiger partial charge in [-0.1, -0.05) is 31.0 Å². The number of nitrogens with two attached hydrogens (primary N) is 1. The Hall–Kier alpha value is -3.22. The number of aromatic nitrogens is 1. The number of carbonyl (C=O) groups is 2. The van der Waals surface area contributed by atoms with Gasteiger partial charge in [-0.05, 0) is 65.2 Å². The van der Waals surface area contributed by atoms with E-state index in [2.05, 4.69) is 22.1 Å². The highest BCUT2D eigenvalue weighted by atomic mass is 16.7. The normalized spacial score (nSPS) is 19.7. The number of rotatable bonds is 12. The fraction of sp³-hybridized carbons (Fsp3) is 0.647. The molecule has 12 heteroatoms. The van der Waals surface area contributed by atoms with E-state index in [1.165, 1.54) is 0 Å². The molecule has 0 unspecified atom stereocenters. The maximum atomic E-state index is 11.4. The first-order valence-corrected chi connectivity index (χ1v) is 16.5. The van der Waals surface area contributed by atoms with Crippen LogP contribution in [-0.4, -0.2) is 78.5 Å². The summed E-state index contributed by atoms with van der Waals surface area (Å²) >= 11 is 0. The summed E-state index contributed by atoms with van der Waals surface area (Å²) < 4.78 is 24.0. The van der Waals surface area contributed by atoms with E-state index < -0.39 is 24.2 Å². The van der Waals surface area contributed by atoms with Gasteiger partial charge < -0.3 is 33.9 Å². The third-order valence-electron chi connectivity index (χ3n) is 9.58. The molecule has 1 aromatic carbocycles. The minimum atomic E-state index is -0.458. The molecule has 4 heterocycles. The van der Waals surface area contributed by atoms with Crippen molar-refractivity contribution in [3.8, 4) is 17.1 Å². The number of hydrogen-bond donors (Lipinski definition) is 1. The molecule has 3 aliphatic heterocycles. The smallest absolute Gasteiger partial charge is 0.494 e. The fourth-order valence-corrected chi connectivity index (χ4v) is 5.66. The van der Waals surface area contributed by atoms with Crippen LogP contribution in [0.25, 0.3) is 11.3 Å². The maximum absolute atomic E-state index is 11.4. The topological polar surface area (TPSA) is 139 Å². The van der Waals surface area contributed by atoms with Gasteiger partial charge in [0.2, 0.25) is 0 Å². The Morgan fingerprint density at radius 2 is 1.72 bits per heavy atom. The van der Waals surface area contributed by atoms with Crippen LogP contribution in [0.1, 0.15) is 98.3 Å². The second-order valence-electron chi connectivity index (χ2n) is 13.6. The molecular weight excluding hydrogens is 587 g/mol. The van der Waals surface area contributed by atoms with Gasteiger partial charge in [0, 0.05) is 51.6 Å². The van der Waals surface area contributed by atoms with Crippen LogP contribution in [0.4, 0.5) is 0 Å². The number of piperidine rings is 1. The van der Waals surface area contributed by atoms with Crippen molar-refractivity contribution in [1.29, 1.82) is 0 Å². The quantitative estimate of drug-likeness (QED) is 0.256. The number of oxazole rings is 1. The molecular formula is C34H51BN4O7. The van der Waals surface area contributed by atoms with Crippen LogP contribution in [0, 0.1) is 0 Å². The zero-order valence-electron chi connectivity index (χ0n) is 28.6. The number of carbonyl (C=O) groups excluding carboxylic acids is 2. The van der Waals surface area contributed by atoms with Crippen molar-refractivity contribution in [2.75, 3.05) is 27.2 Å². The largest absolute Gasteiger partial charge is 0.496 e. The number of likely N-dealkylation sites (tertiary alicyclic amines) is 1. The summed E-state index contributed by atoms with van der Waals surface area (Å²) in [5.74, 6) is 2.00. The van der Waals surface area contributed by atoms with Crippen LogP contribution in [0.15, 0.2) is 34.0 Å². The average molecular weight is 639 g/mol. The van der Waals surface area contributed by atoms with Gasteiger partial charge >= 0.3 is 7.12 Å². The van der Waals surface area contributed by atoms with E-state index in [1.54, 1.807) is 13.3 Å². The highest BCUT2D eigenvalue weighted by molar-refractivity contribution is 6.62. The number of oxime groups is 1. The lowest BCUT2D eigenvalue weighted by Crippen LogP contribution is -2.43. The number of amides is 1. The van der Waals surface area contributed by atoms with E-state index in [0.717, 1.165) is 75.0 Å². The SMILES string of the molecule is CCC(=O)CCCCCCc1ncc(-c2ccc(B3OC(C)(C)C(C)(C)O3)cc2OC)o1.CN1CCC2(CC1)CC(C(N)=O)=NO2. The molecule has 5 rings (SSSR count). The number of ketones is 1. The number of primary amides is 1. The van der Waals surface area contributed by atoms with Gasteiger partial charge in [-0.15, -0.1) is 0 Å². The van der Waals surface area contributed by atoms with Crippen molar-refractivity contribution in [3.05, 3.63) is 30.3 Å². The molecule has 1 aromatic heterocycles. The molecule has 0 atom stereocenters. The molecule has 252 valence electrons. The molecule has 0 bridgehead atoms. The molecule has 0 saturated carbocycles. The van der Waals surface area contributed by atoms with Gasteiger partial charge in [0.05, 0.1) is 30.1 Å². The lowest BCUT2D eigenvalue weighted by Gasteiger charge is -2.35. The molecule has 1 spiro atoms. The molecule has 3 aliphatic rings. The lowest BCUT2D eigenvalue weighted by atomic mass is 9.78. The van der Waals surface area contributed by atoms with Crippen molar-refractivity contribution in [2.45, 2.75) is 116 Å². The van der Waals surface area contributed by atoms with Crippen LogP contribution >= 0.6 is 0 Å². The van der Waals surface area contributed by atoms with Crippen LogP contribution in [0.5, 0.6) is 5.75 Å². The monoisotopic (exact) mass is 638 g/mol. The predicted molar refractivity (Wildman–Crippen MR) is 178 cm³/mol. The first-order chi connectivity index (χ1) is 21.8. The van der Waals surface area contributed by atoms with Crippen molar-refractivity contribution >= 4 is 30.0 Å². The highest BCUT2D eigenvalue weighted by Crippen LogP contribution is 2.38. The highest BCUT2D eigenvalue weighted by Gasteiger charge is 2.51. The van der Waals surface area contributed by atoms with Crippen molar-refractivity contribution < 1.29 is 32.9 Å². The summed E-state index contributed by atoms with van der Waals surface area (Å²) in [5, 5.41) is 3.76. The minimum absolute atomic E-state index is 0.239. The van der Waals surface area contributed by atoms with Crippen LogP contribution in [0.3, 0.4) is 0 Å². The first kappa shape index (κ1) is 35.6. The number of Topliss-reactive ketones (excluding diaryl/α,β-unsaturated/α-hetero) is 1. The number of benzene rings is 1. The number of hydrogen-bond acceptors (Lipinski definition) is 10. The van der Waals surface area contributed by atoms with E-state index in [4.69, 9.17) is 29.0 Å². The molecule has 1 amide bonds. The summed E-state index contributed by atoms with van der Waals surface area (Å²) in [6, 6.07) is 5.89. The number of aryl methyl sites for hydroxylation is 1. The second-order valence-corrected chi connectivity index (χ2v) is 13.6. The Morgan fingerprint density at radius 3 is 2.33 bits per heavy atom. The standard InChI is InChI=1S/C25H36BNO5.C9H15N3O2/c1-7-19(28)12-10-8-9-11-13-23-27-17-22(30-23)20-15-14-18(16-21(20)29-6)26-31-24(2,3)25(4,5)32-26;1-12-4-2-9(3-5-12)6-7(8(10)13)11-14-9/h14-17H,7-13H2,1-6H3;2-6H2,1H3,(H2,10,13). The average Bonchev–Trinajstić information content (AvgIpc) is 3.72. The van der Waals surface area contributed by atoms with Crippen LogP contribution in [0.2, 0.25) is 0 Å². The second kappa shape index (κ2) is 15.1. The maximum Gasteiger partial charge on any atom is 0.494 e. The Bertz CT molecular complexity index is 1370. The zero-order valence-corrected chi connectivity index (χ0v) is 28.6. The number of methoxy groups -OCH3 is 1. The Morgan fingerprint density at radius 1 is 1.04 bits per heavy atom. The molecule has 0 radical (unpaired) electrons. The van der Waals surface area contributed by atoms with Gasteiger partial charge in [0.1, 0.15) is 22.8 Å². The van der Waals surface area contributed by atoms with Crippen molar-refractivity contribution in [2.24, 2.45) is 10.9 Å². The Balaban J connectivity index is 0.000000284. The minimum Gasteiger partial charge on any atom is -0.496 e. The van der Waals surface area contributed by atoms with Crippen molar-refractivity contribution in [1.82, 2.24) is 9.88 Å². The third-order valence-corrected chi connectivity index (χ3v) is 9.58. The summed E-state index contributed by atoms with van der Waals surface area (Å²) in [5.41, 5.74) is 6.27. The van der Waals surface area contributed by atoms with E-state index >= 15 is 0 Å². The lowest BCUT2D eigenvalue weighted by molar-refractivity contribution is -0.118. The molecule has 11 nitrogen and oxygen atoms in total. The molecule has 2 fully saturated rings. The summed E-state index contributed by atoms with van der Waals surface area (Å²) in [4.78, 5) is 34.3. The fourth-order valence-electron chi connectivity index (χ4n) is 5.66. The van der Waals surface area contributed by atoms with Crippen LogP contribution < -0.4 is 15.9 Å². The Labute approximate surface area is 273 Å². The van der Waals surface area contributed by atoms with E-state index in [1.807, 2.05) is 52.8 Å². The first-order valence-electron chi connectivity index (χ1n) is 16.5. The number of unbranched alkanes of at least 4 members (excludes halogenated alkanes) is 3. The zero-order chi connectivity index (χ0) is 33.5. The number of nitrogens with zero attached hydrogens (tertiary/aromatic N) is 3. The molecule has 2 saturated heterocycles. The van der Waals surface area contributed by atoms with Gasteiger partial charge in [-0.25, -0.2) is 4.98 Å². The van der Waals surface area contributed by atoms with E-state index in [9.17, 15) is 9.59 Å². The molecule has 2 aromatic rings. The summed E-state index contributed by atoms with van der Waals surface area (Å²) in [6.07, 6.45) is 10.4. The van der Waals surface area contributed by atoms with Gasteiger partial charge in [-0.3, -0.25) is 9.59 Å². The molecule has 2 N–H and O–H groups in total. The summed E-state index contributed by atoms with van der Waals surface area (Å²) in [7, 11) is 3.28. The van der Waals surface area contributed by atoms with E-state index in [-0.39, 0.29) is 5.60 Å². The number of ether oxygens (including phenoxy) is 1. The molecule has 0 aliphatic carbocycles. The predicted octanol–water partition coefficient (Wildman–Crippen LogP) is 4.83. The van der Waals surface area contributed by atoms with E-state index in [0.29, 0.717) is 42.3 Å². The Kier molecular flexibility index (Phi) is 11.7. The van der Waals surface area contributed by atoms with Gasteiger partial charge in [0.15, 0.2) is 11.7 Å². The van der Waals surface area contributed by atoms with Gasteiger partial charge in [0.25, 0.3) is 5.91 Å². The molecule has 46 heavy (non-hydrogen) atoms. The third kappa shape index (κ3) is 8.77.